The highest BCUT2D eigenvalue weighted by Crippen LogP contribution is 2.23. The lowest BCUT2D eigenvalue weighted by atomic mass is 10.0. The van der Waals surface area contributed by atoms with Gasteiger partial charge in [-0.25, -0.2) is 0 Å². The lowest BCUT2D eigenvalue weighted by Crippen LogP contribution is -2.31. The van der Waals surface area contributed by atoms with Gasteiger partial charge in [0.05, 0.1) is 29.2 Å². The molecule has 1 N–H and O–H groups in total. The third kappa shape index (κ3) is 5.87. The standard InChI is InChI=1S/C19H19BrClNO3/c1-12(2)25-18(23)11-17(13-6-4-3-5-7-13)22-19(24)15-10-14(20)8-9-16(15)21/h3-10,12,17H,11H2,1-2H3,(H,22,24). The maximum absolute atomic E-state index is 12.6. The molecule has 0 fully saturated rings. The van der Waals surface area contributed by atoms with E-state index in [1.54, 1.807) is 32.0 Å². The van der Waals surface area contributed by atoms with E-state index >= 15 is 0 Å². The first-order valence-corrected chi connectivity index (χ1v) is 9.04. The van der Waals surface area contributed by atoms with E-state index in [1.165, 1.54) is 0 Å². The summed E-state index contributed by atoms with van der Waals surface area (Å²) in [7, 11) is 0. The summed E-state index contributed by atoms with van der Waals surface area (Å²) in [5, 5.41) is 3.22. The van der Waals surface area contributed by atoms with Crippen LogP contribution in [0.1, 0.15) is 42.2 Å². The molecular weight excluding hydrogens is 406 g/mol. The molecular formula is C19H19BrClNO3. The molecule has 1 amide bonds. The van der Waals surface area contributed by atoms with Crippen LogP contribution in [0.4, 0.5) is 0 Å². The Balaban J connectivity index is 2.22. The van der Waals surface area contributed by atoms with E-state index in [9.17, 15) is 9.59 Å². The second-order valence-corrected chi connectivity index (χ2v) is 7.13. The quantitative estimate of drug-likeness (QED) is 0.670. The van der Waals surface area contributed by atoms with Crippen LogP contribution in [0.5, 0.6) is 0 Å². The molecule has 0 saturated heterocycles. The van der Waals surface area contributed by atoms with Gasteiger partial charge in [0.2, 0.25) is 0 Å². The van der Waals surface area contributed by atoms with Crippen molar-refractivity contribution in [3.05, 3.63) is 69.2 Å². The molecule has 0 spiro atoms. The molecule has 2 aromatic carbocycles. The van der Waals surface area contributed by atoms with Gasteiger partial charge in [-0.05, 0) is 37.6 Å². The van der Waals surface area contributed by atoms with Crippen molar-refractivity contribution >= 4 is 39.4 Å². The molecule has 0 heterocycles. The van der Waals surface area contributed by atoms with Gasteiger partial charge in [0, 0.05) is 4.47 Å². The fraction of sp³-hybridized carbons (Fsp3) is 0.263. The predicted octanol–water partition coefficient (Wildman–Crippen LogP) is 4.92. The first-order valence-electron chi connectivity index (χ1n) is 7.87. The van der Waals surface area contributed by atoms with Crippen LogP contribution in [-0.2, 0) is 9.53 Å². The smallest absolute Gasteiger partial charge is 0.308 e. The maximum atomic E-state index is 12.6. The van der Waals surface area contributed by atoms with E-state index < -0.39 is 6.04 Å². The third-order valence-corrected chi connectivity index (χ3v) is 4.24. The van der Waals surface area contributed by atoms with Crippen molar-refractivity contribution in [1.82, 2.24) is 5.32 Å². The minimum Gasteiger partial charge on any atom is -0.463 e. The van der Waals surface area contributed by atoms with Crippen molar-refractivity contribution in [2.45, 2.75) is 32.4 Å². The third-order valence-electron chi connectivity index (χ3n) is 3.42. The number of esters is 1. The zero-order valence-electron chi connectivity index (χ0n) is 14.0. The fourth-order valence-electron chi connectivity index (χ4n) is 2.32. The maximum Gasteiger partial charge on any atom is 0.308 e. The molecule has 1 unspecified atom stereocenters. The van der Waals surface area contributed by atoms with Gasteiger partial charge in [-0.3, -0.25) is 9.59 Å². The average Bonchev–Trinajstić information content (AvgIpc) is 2.56. The average molecular weight is 425 g/mol. The van der Waals surface area contributed by atoms with Gasteiger partial charge in [0.15, 0.2) is 0 Å². The Kier molecular flexibility index (Phi) is 7.02. The molecule has 0 saturated carbocycles. The molecule has 0 aliphatic carbocycles. The number of ether oxygens (including phenoxy) is 1. The number of carbonyl (C=O) groups is 2. The van der Waals surface area contributed by atoms with Gasteiger partial charge in [-0.2, -0.15) is 0 Å². The van der Waals surface area contributed by atoms with Crippen LogP contribution < -0.4 is 5.32 Å². The van der Waals surface area contributed by atoms with Crippen LogP contribution in [0.25, 0.3) is 0 Å². The van der Waals surface area contributed by atoms with Crippen LogP contribution in [0.3, 0.4) is 0 Å². The number of amides is 1. The Morgan fingerprint density at radius 1 is 1.16 bits per heavy atom. The number of rotatable bonds is 6. The summed E-state index contributed by atoms with van der Waals surface area (Å²) in [5.74, 6) is -0.720. The van der Waals surface area contributed by atoms with Crippen LogP contribution >= 0.6 is 27.5 Å². The summed E-state index contributed by atoms with van der Waals surface area (Å²) in [6, 6.07) is 13.8. The molecule has 0 radical (unpaired) electrons. The molecule has 4 nitrogen and oxygen atoms in total. The highest BCUT2D eigenvalue weighted by molar-refractivity contribution is 9.10. The predicted molar refractivity (Wildman–Crippen MR) is 102 cm³/mol. The van der Waals surface area contributed by atoms with E-state index in [0.29, 0.717) is 10.6 Å². The first kappa shape index (κ1) is 19.5. The molecule has 6 heteroatoms. The Morgan fingerprint density at radius 3 is 2.48 bits per heavy atom. The molecule has 0 aliphatic rings. The summed E-state index contributed by atoms with van der Waals surface area (Å²) >= 11 is 9.45. The van der Waals surface area contributed by atoms with Crippen molar-refractivity contribution in [2.75, 3.05) is 0 Å². The van der Waals surface area contributed by atoms with E-state index in [1.807, 2.05) is 30.3 Å². The Labute approximate surface area is 160 Å². The van der Waals surface area contributed by atoms with Crippen LogP contribution in [0.2, 0.25) is 5.02 Å². The zero-order chi connectivity index (χ0) is 18.4. The Hall–Kier alpha value is -1.85. The van der Waals surface area contributed by atoms with Crippen molar-refractivity contribution in [2.24, 2.45) is 0 Å². The van der Waals surface area contributed by atoms with E-state index in [0.717, 1.165) is 10.0 Å². The van der Waals surface area contributed by atoms with Crippen molar-refractivity contribution in [3.8, 4) is 0 Å². The van der Waals surface area contributed by atoms with E-state index in [4.69, 9.17) is 16.3 Å². The summed E-state index contributed by atoms with van der Waals surface area (Å²) in [6.45, 7) is 3.57. The largest absolute Gasteiger partial charge is 0.463 e. The van der Waals surface area contributed by atoms with Crippen molar-refractivity contribution in [1.29, 1.82) is 0 Å². The zero-order valence-corrected chi connectivity index (χ0v) is 16.3. The topological polar surface area (TPSA) is 55.4 Å². The molecule has 0 bridgehead atoms. The van der Waals surface area contributed by atoms with Gasteiger partial charge in [-0.1, -0.05) is 57.9 Å². The Bertz CT molecular complexity index is 750. The normalized spacial score (nSPS) is 11.9. The van der Waals surface area contributed by atoms with Gasteiger partial charge >= 0.3 is 5.97 Å². The molecule has 2 rings (SSSR count). The summed E-state index contributed by atoms with van der Waals surface area (Å²) in [6.07, 6.45) is -0.168. The van der Waals surface area contributed by atoms with Gasteiger partial charge in [0.25, 0.3) is 5.91 Å². The number of carbonyl (C=O) groups excluding carboxylic acids is 2. The summed E-state index contributed by atoms with van der Waals surface area (Å²) in [5.41, 5.74) is 1.16. The number of nitrogens with one attached hydrogen (secondary N) is 1. The van der Waals surface area contributed by atoms with Gasteiger partial charge in [0.1, 0.15) is 0 Å². The summed E-state index contributed by atoms with van der Waals surface area (Å²) in [4.78, 5) is 24.7. The molecule has 2 aromatic rings. The van der Waals surface area contributed by atoms with Gasteiger partial charge < -0.3 is 10.1 Å². The Morgan fingerprint density at radius 2 is 1.84 bits per heavy atom. The van der Waals surface area contributed by atoms with Crippen LogP contribution in [0.15, 0.2) is 53.0 Å². The fourth-order valence-corrected chi connectivity index (χ4v) is 2.89. The first-order chi connectivity index (χ1) is 11.9. The molecule has 0 aromatic heterocycles. The lowest BCUT2D eigenvalue weighted by Gasteiger charge is -2.20. The minimum atomic E-state index is -0.505. The van der Waals surface area contributed by atoms with Crippen molar-refractivity contribution < 1.29 is 14.3 Å². The summed E-state index contributed by atoms with van der Waals surface area (Å²) < 4.78 is 5.96. The number of hydrogen-bond acceptors (Lipinski definition) is 3. The SMILES string of the molecule is CC(C)OC(=O)CC(NC(=O)c1cc(Br)ccc1Cl)c1ccccc1. The lowest BCUT2D eigenvalue weighted by molar-refractivity contribution is -0.147. The van der Waals surface area contributed by atoms with Gasteiger partial charge in [-0.15, -0.1) is 0 Å². The highest BCUT2D eigenvalue weighted by Gasteiger charge is 2.21. The molecule has 25 heavy (non-hydrogen) atoms. The molecule has 0 aliphatic heterocycles. The second-order valence-electron chi connectivity index (χ2n) is 5.80. The number of benzene rings is 2. The molecule has 1 atom stereocenters. The van der Waals surface area contributed by atoms with E-state index in [-0.39, 0.29) is 24.4 Å². The number of halogens is 2. The monoisotopic (exact) mass is 423 g/mol. The minimum absolute atomic E-state index is 0.0412. The number of hydrogen-bond donors (Lipinski definition) is 1. The molecule has 132 valence electrons. The van der Waals surface area contributed by atoms with E-state index in [2.05, 4.69) is 21.2 Å². The highest BCUT2D eigenvalue weighted by atomic mass is 79.9. The van der Waals surface area contributed by atoms with Crippen LogP contribution in [0, 0.1) is 0 Å². The second kappa shape index (κ2) is 9.02. The van der Waals surface area contributed by atoms with Crippen LogP contribution in [-0.4, -0.2) is 18.0 Å². The van der Waals surface area contributed by atoms with Crippen molar-refractivity contribution in [3.63, 3.8) is 0 Å².